The fraction of sp³-hybridized carbons (Fsp3) is 0.222. The van der Waals surface area contributed by atoms with Crippen LogP contribution >= 0.6 is 0 Å². The van der Waals surface area contributed by atoms with Crippen molar-refractivity contribution in [1.29, 1.82) is 0 Å². The smallest absolute Gasteiger partial charge is 0.335 e. The van der Waals surface area contributed by atoms with Crippen LogP contribution in [0, 0.1) is 0 Å². The molecule has 0 heterocycles. The number of esters is 4. The second-order valence-electron chi connectivity index (χ2n) is 10.3. The minimum absolute atomic E-state index is 0.0981. The lowest BCUT2D eigenvalue weighted by molar-refractivity contribution is -0.660. The van der Waals surface area contributed by atoms with Gasteiger partial charge < -0.3 is 29.0 Å². The molecule has 1 N–H and O–H groups in total. The lowest BCUT2D eigenvalue weighted by Gasteiger charge is -2.35. The Morgan fingerprint density at radius 2 is 1.10 bits per heavy atom. The van der Waals surface area contributed by atoms with Gasteiger partial charge >= 0.3 is 36.3 Å². The molecule has 12 nitrogen and oxygen atoms in total. The van der Waals surface area contributed by atoms with Crippen LogP contribution in [-0.4, -0.2) is 70.0 Å². The quantitative estimate of drug-likeness (QED) is 0.0990. The number of benzene rings is 1. The van der Waals surface area contributed by atoms with Gasteiger partial charge in [-0.05, 0) is 49.3 Å². The first kappa shape index (κ1) is 36.4. The third-order valence-electron chi connectivity index (χ3n) is 7.22. The molecule has 4 unspecified atom stereocenters. The Balaban J connectivity index is 1.94. The number of allylic oxidation sites excluding steroid dienone is 7. The molecule has 0 radical (unpaired) electrons. The lowest BCUT2D eigenvalue weighted by atomic mass is 9.80. The highest BCUT2D eigenvalue weighted by molar-refractivity contribution is 6.39. The van der Waals surface area contributed by atoms with E-state index in [0.29, 0.717) is 22.5 Å². The molecule has 4 atom stereocenters. The zero-order valence-corrected chi connectivity index (χ0v) is 27.1. The van der Waals surface area contributed by atoms with Crippen LogP contribution in [0.15, 0.2) is 116 Å². The average molecular weight is 658 g/mol. The lowest BCUT2D eigenvalue weighted by Crippen LogP contribution is -2.44. The summed E-state index contributed by atoms with van der Waals surface area (Å²) in [6.07, 6.45) is 7.00. The van der Waals surface area contributed by atoms with Gasteiger partial charge in [0.05, 0.1) is 11.1 Å². The Hall–Kier alpha value is -6.04. The predicted molar refractivity (Wildman–Crippen MR) is 177 cm³/mol. The van der Waals surface area contributed by atoms with Crippen LogP contribution in [0.25, 0.3) is 5.57 Å². The molecule has 0 aromatic heterocycles. The monoisotopic (exact) mass is 657 g/mol. The van der Waals surface area contributed by atoms with E-state index in [0.717, 1.165) is 24.3 Å². The molecule has 0 saturated carbocycles. The SMILES string of the molecule is C=CC(=O)OC(C)N(c1ccc(C2=C(O)C(=C3C=CC(=[N+](C(C)OC(=O)C=C)C(C)OC(=O)C=C)C=C3)C2=O)cc1)C(C)OC(=O)C=C. The standard InChI is InChI=1S/C36H36N2O10/c1-9-29(39)45-21(5)37(22(6)46-30(40)10-2)27-17-13-25(14-18-27)33-35(43)34(36(33)44)26-15-19-28(20-16-26)38(23(7)47-31(41)11-3)24(8)48-32(42)12-4/h9-24H,1-4H2,5-8H3/p+1. The first-order chi connectivity index (χ1) is 22.8. The summed E-state index contributed by atoms with van der Waals surface area (Å²) in [5.41, 5.74) is 2.03. The number of aliphatic hydroxyl groups excluding tert-OH is 1. The van der Waals surface area contributed by atoms with Crippen LogP contribution in [0.1, 0.15) is 33.3 Å². The minimum Gasteiger partial charge on any atom is -0.506 e. The third kappa shape index (κ3) is 8.21. The summed E-state index contributed by atoms with van der Waals surface area (Å²) in [4.78, 5) is 62.3. The number of rotatable bonds is 14. The molecule has 0 saturated heterocycles. The number of carbonyl (C=O) groups excluding carboxylic acids is 5. The summed E-state index contributed by atoms with van der Waals surface area (Å²) >= 11 is 0. The maximum Gasteiger partial charge on any atom is 0.335 e. The van der Waals surface area contributed by atoms with Crippen molar-refractivity contribution in [2.24, 2.45) is 0 Å². The van der Waals surface area contributed by atoms with E-state index in [-0.39, 0.29) is 16.9 Å². The second kappa shape index (κ2) is 16.0. The number of nitrogens with zero attached hydrogens (tertiary/aromatic N) is 2. The fourth-order valence-corrected chi connectivity index (χ4v) is 5.06. The predicted octanol–water partition coefficient (Wildman–Crippen LogP) is 4.52. The molecule has 0 amide bonds. The molecule has 0 bridgehead atoms. The van der Waals surface area contributed by atoms with Gasteiger partial charge in [-0.1, -0.05) is 38.4 Å². The molecule has 2 aliphatic rings. The summed E-state index contributed by atoms with van der Waals surface area (Å²) in [7, 11) is 0. The molecule has 1 aromatic rings. The van der Waals surface area contributed by atoms with Gasteiger partial charge in [0.15, 0.2) is 12.5 Å². The van der Waals surface area contributed by atoms with E-state index in [4.69, 9.17) is 18.9 Å². The molecule has 0 fully saturated rings. The van der Waals surface area contributed by atoms with Crippen molar-refractivity contribution in [3.8, 4) is 0 Å². The summed E-state index contributed by atoms with van der Waals surface area (Å²) in [5.74, 6) is -3.33. The van der Waals surface area contributed by atoms with Gasteiger partial charge in [0.2, 0.25) is 11.5 Å². The van der Waals surface area contributed by atoms with E-state index in [1.165, 1.54) is 9.48 Å². The molecule has 0 spiro atoms. The first-order valence-electron chi connectivity index (χ1n) is 14.7. The Kier molecular flexibility index (Phi) is 12.1. The Morgan fingerprint density at radius 1 is 0.688 bits per heavy atom. The molecule has 48 heavy (non-hydrogen) atoms. The Morgan fingerprint density at radius 3 is 1.50 bits per heavy atom. The summed E-state index contributed by atoms with van der Waals surface area (Å²) < 4.78 is 22.9. The van der Waals surface area contributed by atoms with Crippen molar-refractivity contribution in [3.63, 3.8) is 0 Å². The van der Waals surface area contributed by atoms with Crippen molar-refractivity contribution in [3.05, 3.63) is 122 Å². The van der Waals surface area contributed by atoms with Gasteiger partial charge in [-0.2, -0.15) is 4.58 Å². The van der Waals surface area contributed by atoms with Gasteiger partial charge in [-0.25, -0.2) is 19.2 Å². The van der Waals surface area contributed by atoms with Gasteiger partial charge in [-0.15, -0.1) is 0 Å². The first-order valence-corrected chi connectivity index (χ1v) is 14.7. The summed E-state index contributed by atoms with van der Waals surface area (Å²) in [6.45, 7) is 19.9. The van der Waals surface area contributed by atoms with Gasteiger partial charge in [0.1, 0.15) is 5.76 Å². The van der Waals surface area contributed by atoms with Crippen molar-refractivity contribution < 1.29 is 52.6 Å². The summed E-state index contributed by atoms with van der Waals surface area (Å²) in [6, 6.07) is 6.46. The zero-order chi connectivity index (χ0) is 35.7. The largest absolute Gasteiger partial charge is 0.506 e. The average Bonchev–Trinajstić information content (AvgIpc) is 3.06. The number of anilines is 1. The van der Waals surface area contributed by atoms with E-state index in [1.54, 1.807) is 76.3 Å². The molecular weight excluding hydrogens is 620 g/mol. The van der Waals surface area contributed by atoms with E-state index in [9.17, 15) is 29.1 Å². The van der Waals surface area contributed by atoms with Crippen molar-refractivity contribution in [1.82, 2.24) is 0 Å². The van der Waals surface area contributed by atoms with Crippen LogP contribution < -0.4 is 4.90 Å². The second-order valence-corrected chi connectivity index (χ2v) is 10.3. The maximum absolute atomic E-state index is 13.3. The molecule has 250 valence electrons. The number of hydrogen-bond acceptors (Lipinski definition) is 11. The van der Waals surface area contributed by atoms with Crippen LogP contribution in [-0.2, 0) is 42.9 Å². The van der Waals surface area contributed by atoms with Crippen LogP contribution in [0.2, 0.25) is 0 Å². The topological polar surface area (TPSA) is 149 Å². The number of aliphatic hydroxyl groups is 1. The molecule has 12 heteroatoms. The van der Waals surface area contributed by atoms with E-state index in [2.05, 4.69) is 26.3 Å². The normalized spacial score (nSPS) is 16.0. The van der Waals surface area contributed by atoms with Gasteiger partial charge in [0.25, 0.3) is 0 Å². The van der Waals surface area contributed by atoms with E-state index < -0.39 is 54.6 Å². The zero-order valence-electron chi connectivity index (χ0n) is 27.1. The molecule has 2 aliphatic carbocycles. The van der Waals surface area contributed by atoms with Crippen molar-refractivity contribution in [2.45, 2.75) is 52.6 Å². The maximum atomic E-state index is 13.3. The van der Waals surface area contributed by atoms with Crippen molar-refractivity contribution in [2.75, 3.05) is 4.90 Å². The Labute approximate surface area is 278 Å². The highest BCUT2D eigenvalue weighted by Gasteiger charge is 2.37. The van der Waals surface area contributed by atoms with E-state index in [1.807, 2.05) is 0 Å². The van der Waals surface area contributed by atoms with Crippen LogP contribution in [0.3, 0.4) is 0 Å². The molecule has 0 aliphatic heterocycles. The highest BCUT2D eigenvalue weighted by Crippen LogP contribution is 2.39. The van der Waals surface area contributed by atoms with Crippen LogP contribution in [0.4, 0.5) is 5.69 Å². The number of ether oxygens (including phenoxy) is 4. The molecular formula is C36H37N2O10+. The third-order valence-corrected chi connectivity index (χ3v) is 7.22. The van der Waals surface area contributed by atoms with Gasteiger partial charge in [-0.3, -0.25) is 4.79 Å². The molecule has 3 rings (SSSR count). The number of carbonyl (C=O) groups is 5. The van der Waals surface area contributed by atoms with Crippen molar-refractivity contribution >= 4 is 46.6 Å². The summed E-state index contributed by atoms with van der Waals surface area (Å²) in [5, 5.41) is 11.0. The Bertz CT molecular complexity index is 1630. The van der Waals surface area contributed by atoms with Gasteiger partial charge in [0, 0.05) is 56.0 Å². The number of hydrogen-bond donors (Lipinski definition) is 1. The minimum atomic E-state index is -0.875. The van der Waals surface area contributed by atoms with Crippen LogP contribution in [0.5, 0.6) is 0 Å². The molecule has 1 aromatic carbocycles. The highest BCUT2D eigenvalue weighted by atomic mass is 16.6. The van der Waals surface area contributed by atoms with E-state index >= 15 is 0 Å². The number of Topliss-reactive ketones (excluding diaryl/α,β-unsaturated/α-hetero) is 1. The number of ketones is 1. The fourth-order valence-electron chi connectivity index (χ4n) is 5.06.